The number of thioether (sulfide) groups is 1. The van der Waals surface area contributed by atoms with Crippen LogP contribution >= 0.6 is 11.8 Å². The van der Waals surface area contributed by atoms with Gasteiger partial charge in [-0.05, 0) is 25.2 Å². The molecule has 0 radical (unpaired) electrons. The van der Waals surface area contributed by atoms with Crippen LogP contribution < -0.4 is 0 Å². The molecule has 3 heteroatoms. The fraction of sp³-hybridized carbons (Fsp3) is 0.455. The van der Waals surface area contributed by atoms with Crippen molar-refractivity contribution in [3.8, 4) is 0 Å². The molecule has 1 rings (SSSR count). The molecule has 1 heterocycles. The zero-order chi connectivity index (χ0) is 10.6. The monoisotopic (exact) mass is 208 g/mol. The van der Waals surface area contributed by atoms with Crippen molar-refractivity contribution in [1.82, 2.24) is 4.98 Å². The van der Waals surface area contributed by atoms with Gasteiger partial charge in [-0.15, -0.1) is 11.8 Å². The summed E-state index contributed by atoms with van der Waals surface area (Å²) < 4.78 is 0. The Morgan fingerprint density at radius 3 is 2.79 bits per heavy atom. The van der Waals surface area contributed by atoms with E-state index in [1.54, 1.807) is 11.8 Å². The summed E-state index contributed by atoms with van der Waals surface area (Å²) in [5, 5.41) is 0. The Balaban J connectivity index is 2.96. The smallest absolute Gasteiger partial charge is 0.0944 e. The van der Waals surface area contributed by atoms with E-state index < -0.39 is 0 Å². The first kappa shape index (κ1) is 11.2. The molecule has 14 heavy (non-hydrogen) atoms. The highest BCUT2D eigenvalue weighted by Crippen LogP contribution is 2.27. The van der Waals surface area contributed by atoms with Crippen LogP contribution in [0.3, 0.4) is 0 Å². The van der Waals surface area contributed by atoms with Crippen molar-refractivity contribution in [3.05, 3.63) is 18.0 Å². The standard InChI is InChI=1S/C11H16N2S/c1-8(2)6-13-10-7-12-9(3)5-11(10)14-4/h5-8H,1-4H3. The number of aromatic nitrogens is 1. The lowest BCUT2D eigenvalue weighted by molar-refractivity contribution is 0.906. The van der Waals surface area contributed by atoms with E-state index in [4.69, 9.17) is 0 Å². The molecular weight excluding hydrogens is 192 g/mol. The van der Waals surface area contributed by atoms with Gasteiger partial charge >= 0.3 is 0 Å². The molecular formula is C11H16N2S. The highest BCUT2D eigenvalue weighted by atomic mass is 32.2. The number of hydrogen-bond donors (Lipinski definition) is 0. The molecule has 0 aliphatic carbocycles. The molecule has 1 aromatic heterocycles. The van der Waals surface area contributed by atoms with Crippen molar-refractivity contribution >= 4 is 23.7 Å². The van der Waals surface area contributed by atoms with Crippen LogP contribution in [0.25, 0.3) is 0 Å². The van der Waals surface area contributed by atoms with Gasteiger partial charge in [-0.1, -0.05) is 13.8 Å². The van der Waals surface area contributed by atoms with Gasteiger partial charge in [0.2, 0.25) is 0 Å². The van der Waals surface area contributed by atoms with Crippen molar-refractivity contribution in [1.29, 1.82) is 0 Å². The largest absolute Gasteiger partial charge is 0.259 e. The molecule has 0 saturated carbocycles. The first-order chi connectivity index (χ1) is 6.63. The average Bonchev–Trinajstić information content (AvgIpc) is 2.15. The summed E-state index contributed by atoms with van der Waals surface area (Å²) in [7, 11) is 0. The van der Waals surface area contributed by atoms with Gasteiger partial charge in [0.15, 0.2) is 0 Å². The van der Waals surface area contributed by atoms with Crippen molar-refractivity contribution in [2.75, 3.05) is 6.26 Å². The van der Waals surface area contributed by atoms with E-state index in [-0.39, 0.29) is 0 Å². The SMILES string of the molecule is CSc1cc(C)ncc1N=CC(C)C. The van der Waals surface area contributed by atoms with Crippen LogP contribution in [-0.4, -0.2) is 17.5 Å². The van der Waals surface area contributed by atoms with Gasteiger partial charge in [0, 0.05) is 16.8 Å². The summed E-state index contributed by atoms with van der Waals surface area (Å²) in [5.41, 5.74) is 2.01. The van der Waals surface area contributed by atoms with Crippen molar-refractivity contribution in [3.63, 3.8) is 0 Å². The van der Waals surface area contributed by atoms with Crippen LogP contribution in [0, 0.1) is 12.8 Å². The molecule has 0 aliphatic rings. The summed E-state index contributed by atoms with van der Waals surface area (Å²) >= 11 is 1.71. The molecule has 1 aromatic rings. The lowest BCUT2D eigenvalue weighted by Crippen LogP contribution is -1.87. The lowest BCUT2D eigenvalue weighted by Gasteiger charge is -2.03. The Morgan fingerprint density at radius 2 is 2.21 bits per heavy atom. The average molecular weight is 208 g/mol. The maximum Gasteiger partial charge on any atom is 0.0944 e. The second-order valence-corrected chi connectivity index (χ2v) is 4.37. The van der Waals surface area contributed by atoms with Gasteiger partial charge in [0.05, 0.1) is 11.9 Å². The zero-order valence-electron chi connectivity index (χ0n) is 9.11. The van der Waals surface area contributed by atoms with Crippen LogP contribution in [0.2, 0.25) is 0 Å². The van der Waals surface area contributed by atoms with E-state index in [0.29, 0.717) is 5.92 Å². The second-order valence-electron chi connectivity index (χ2n) is 3.52. The highest BCUT2D eigenvalue weighted by Gasteiger charge is 2.00. The summed E-state index contributed by atoms with van der Waals surface area (Å²) in [6.45, 7) is 6.23. The van der Waals surface area contributed by atoms with Crippen molar-refractivity contribution < 1.29 is 0 Å². The molecule has 0 aromatic carbocycles. The predicted octanol–water partition coefficient (Wildman–Crippen LogP) is 3.47. The topological polar surface area (TPSA) is 25.2 Å². The van der Waals surface area contributed by atoms with Gasteiger partial charge in [-0.2, -0.15) is 0 Å². The zero-order valence-corrected chi connectivity index (χ0v) is 9.93. The molecule has 0 atom stereocenters. The number of hydrogen-bond acceptors (Lipinski definition) is 3. The third-order valence-corrected chi connectivity index (χ3v) is 2.48. The maximum absolute atomic E-state index is 4.41. The summed E-state index contributed by atoms with van der Waals surface area (Å²) in [5.74, 6) is 0.478. The van der Waals surface area contributed by atoms with E-state index in [1.807, 2.05) is 19.3 Å². The second kappa shape index (κ2) is 5.15. The van der Waals surface area contributed by atoms with Gasteiger partial charge in [0.25, 0.3) is 0 Å². The van der Waals surface area contributed by atoms with E-state index in [2.05, 4.69) is 36.1 Å². The normalized spacial score (nSPS) is 11.5. The van der Waals surface area contributed by atoms with Crippen LogP contribution in [0.1, 0.15) is 19.5 Å². The van der Waals surface area contributed by atoms with E-state index in [0.717, 1.165) is 11.4 Å². The molecule has 0 saturated heterocycles. The Morgan fingerprint density at radius 1 is 1.50 bits per heavy atom. The number of nitrogens with zero attached hydrogens (tertiary/aromatic N) is 2. The molecule has 0 spiro atoms. The fourth-order valence-electron chi connectivity index (χ4n) is 1.02. The molecule has 0 aliphatic heterocycles. The van der Waals surface area contributed by atoms with Crippen LogP contribution in [-0.2, 0) is 0 Å². The molecule has 0 N–H and O–H groups in total. The summed E-state index contributed by atoms with van der Waals surface area (Å²) in [4.78, 5) is 9.84. The number of pyridine rings is 1. The quantitative estimate of drug-likeness (QED) is 0.561. The Hall–Kier alpha value is -0.830. The molecule has 0 fully saturated rings. The molecule has 0 bridgehead atoms. The van der Waals surface area contributed by atoms with E-state index in [9.17, 15) is 0 Å². The molecule has 0 unspecified atom stereocenters. The first-order valence-corrected chi connectivity index (χ1v) is 5.90. The third-order valence-electron chi connectivity index (χ3n) is 1.71. The van der Waals surface area contributed by atoms with Crippen molar-refractivity contribution in [2.24, 2.45) is 10.9 Å². The van der Waals surface area contributed by atoms with Gasteiger partial charge in [0.1, 0.15) is 0 Å². The first-order valence-electron chi connectivity index (χ1n) is 4.68. The number of aliphatic imine (C=N–C) groups is 1. The third kappa shape index (κ3) is 3.14. The predicted molar refractivity (Wildman–Crippen MR) is 63.7 cm³/mol. The van der Waals surface area contributed by atoms with Crippen LogP contribution in [0.15, 0.2) is 22.2 Å². The minimum Gasteiger partial charge on any atom is -0.259 e. The summed E-state index contributed by atoms with van der Waals surface area (Å²) in [6.07, 6.45) is 5.84. The Bertz CT molecular complexity index is 332. The Kier molecular flexibility index (Phi) is 4.14. The number of rotatable bonds is 3. The van der Waals surface area contributed by atoms with Gasteiger partial charge < -0.3 is 0 Å². The van der Waals surface area contributed by atoms with Crippen molar-refractivity contribution in [2.45, 2.75) is 25.7 Å². The minimum atomic E-state index is 0.478. The lowest BCUT2D eigenvalue weighted by atomic mass is 10.2. The highest BCUT2D eigenvalue weighted by molar-refractivity contribution is 7.98. The molecule has 76 valence electrons. The maximum atomic E-state index is 4.41. The summed E-state index contributed by atoms with van der Waals surface area (Å²) in [6, 6.07) is 2.07. The number of aryl methyl sites for hydroxylation is 1. The minimum absolute atomic E-state index is 0.478. The van der Waals surface area contributed by atoms with E-state index >= 15 is 0 Å². The van der Waals surface area contributed by atoms with Gasteiger partial charge in [-0.25, -0.2) is 0 Å². The van der Waals surface area contributed by atoms with E-state index in [1.165, 1.54) is 4.90 Å². The molecule has 2 nitrogen and oxygen atoms in total. The van der Waals surface area contributed by atoms with Crippen LogP contribution in [0.5, 0.6) is 0 Å². The van der Waals surface area contributed by atoms with Crippen LogP contribution in [0.4, 0.5) is 5.69 Å². The Labute approximate surface area is 89.9 Å². The fourth-order valence-corrected chi connectivity index (χ4v) is 1.62. The van der Waals surface area contributed by atoms with Gasteiger partial charge in [-0.3, -0.25) is 9.98 Å². The molecule has 0 amide bonds.